The van der Waals surface area contributed by atoms with Crippen molar-refractivity contribution in [2.75, 3.05) is 11.9 Å². The van der Waals surface area contributed by atoms with Crippen molar-refractivity contribution in [2.45, 2.75) is 17.9 Å². The summed E-state index contributed by atoms with van der Waals surface area (Å²) >= 11 is 1.30. The van der Waals surface area contributed by atoms with Crippen LogP contribution in [0.3, 0.4) is 0 Å². The second-order valence-corrected chi connectivity index (χ2v) is 9.97. The number of thiazole rings is 1. The number of amides is 1. The molecule has 0 fully saturated rings. The molecule has 0 aliphatic carbocycles. The summed E-state index contributed by atoms with van der Waals surface area (Å²) in [5.41, 5.74) is 1.23. The van der Waals surface area contributed by atoms with Crippen molar-refractivity contribution >= 4 is 43.2 Å². The highest BCUT2D eigenvalue weighted by Crippen LogP contribution is 2.32. The lowest BCUT2D eigenvalue weighted by Gasteiger charge is -2.25. The molecule has 0 atom stereocenters. The van der Waals surface area contributed by atoms with E-state index in [-0.39, 0.29) is 17.3 Å². The van der Waals surface area contributed by atoms with Crippen LogP contribution in [-0.2, 0) is 23.0 Å². The molecular weight excluding hydrogens is 422 g/mol. The van der Waals surface area contributed by atoms with Gasteiger partial charge in [0.1, 0.15) is 6.26 Å². The Morgan fingerprint density at radius 2 is 1.97 bits per heavy atom. The average Bonchev–Trinajstić information content (AvgIpc) is 3.42. The van der Waals surface area contributed by atoms with Crippen molar-refractivity contribution in [2.24, 2.45) is 0 Å². The summed E-state index contributed by atoms with van der Waals surface area (Å²) in [6.07, 6.45) is 3.29. The van der Waals surface area contributed by atoms with Crippen LogP contribution in [0.1, 0.15) is 20.9 Å². The van der Waals surface area contributed by atoms with Crippen LogP contribution in [0.15, 0.2) is 70.4 Å². The Bertz CT molecular complexity index is 1340. The molecule has 2 aromatic carbocycles. The lowest BCUT2D eigenvalue weighted by Crippen LogP contribution is -2.35. The summed E-state index contributed by atoms with van der Waals surface area (Å²) < 4.78 is 32.8. The maximum Gasteiger partial charge on any atom is 0.260 e. The number of furan rings is 1. The van der Waals surface area contributed by atoms with Gasteiger partial charge >= 0.3 is 0 Å². The van der Waals surface area contributed by atoms with Crippen molar-refractivity contribution in [1.29, 1.82) is 0 Å². The summed E-state index contributed by atoms with van der Waals surface area (Å²) in [5, 5.41) is 5.09. The van der Waals surface area contributed by atoms with E-state index in [1.807, 2.05) is 30.3 Å². The molecule has 1 N–H and O–H groups in total. The maximum atomic E-state index is 13.2. The highest BCUT2D eigenvalue weighted by atomic mass is 32.2. The van der Waals surface area contributed by atoms with Crippen LogP contribution in [0, 0.1) is 0 Å². The summed E-state index contributed by atoms with van der Waals surface area (Å²) in [4.78, 5) is 17.8. The Morgan fingerprint density at radius 1 is 1.13 bits per heavy atom. The number of anilines is 1. The van der Waals surface area contributed by atoms with Gasteiger partial charge in [-0.25, -0.2) is 13.4 Å². The molecule has 2 aromatic heterocycles. The molecule has 0 saturated carbocycles. The van der Waals surface area contributed by atoms with Gasteiger partial charge in [0, 0.05) is 17.8 Å². The quantitative estimate of drug-likeness (QED) is 0.521. The molecule has 30 heavy (non-hydrogen) atoms. The van der Waals surface area contributed by atoms with Gasteiger partial charge in [-0.05, 0) is 29.0 Å². The highest BCUT2D eigenvalue weighted by molar-refractivity contribution is 7.89. The molecule has 1 aliphatic rings. The van der Waals surface area contributed by atoms with Gasteiger partial charge in [0.25, 0.3) is 5.91 Å². The molecule has 0 spiro atoms. The third-order valence-electron chi connectivity index (χ3n) is 5.06. The Hall–Kier alpha value is -3.01. The van der Waals surface area contributed by atoms with Crippen molar-refractivity contribution in [3.05, 3.63) is 77.2 Å². The van der Waals surface area contributed by atoms with Crippen molar-refractivity contribution in [3.63, 3.8) is 0 Å². The largest absolute Gasteiger partial charge is 0.472 e. The first-order valence-electron chi connectivity index (χ1n) is 9.32. The van der Waals surface area contributed by atoms with Crippen LogP contribution in [0.25, 0.3) is 10.8 Å². The SMILES string of the molecule is O=C(Nc1nc2c(s1)CN(S(=O)(=O)c1ccc3ccccc3c1)CC2)c1ccoc1. The third kappa shape index (κ3) is 3.41. The highest BCUT2D eigenvalue weighted by Gasteiger charge is 2.30. The molecule has 0 bridgehead atoms. The number of aromatic nitrogens is 1. The zero-order chi connectivity index (χ0) is 20.7. The van der Waals surface area contributed by atoms with Crippen LogP contribution in [0.2, 0.25) is 0 Å². The fourth-order valence-electron chi connectivity index (χ4n) is 3.47. The van der Waals surface area contributed by atoms with E-state index in [0.717, 1.165) is 21.3 Å². The van der Waals surface area contributed by atoms with Gasteiger partial charge in [0.15, 0.2) is 5.13 Å². The number of hydrogen-bond acceptors (Lipinski definition) is 6. The number of carbonyl (C=O) groups excluding carboxylic acids is 1. The Kier molecular flexibility index (Phi) is 4.65. The number of fused-ring (bicyclic) bond motifs is 2. The number of benzene rings is 2. The molecule has 1 aliphatic heterocycles. The molecule has 7 nitrogen and oxygen atoms in total. The van der Waals surface area contributed by atoms with Gasteiger partial charge < -0.3 is 4.42 Å². The Balaban J connectivity index is 1.38. The van der Waals surface area contributed by atoms with Crippen molar-refractivity contribution < 1.29 is 17.6 Å². The summed E-state index contributed by atoms with van der Waals surface area (Å²) in [7, 11) is -3.63. The van der Waals surface area contributed by atoms with Gasteiger partial charge in [-0.2, -0.15) is 4.31 Å². The second-order valence-electron chi connectivity index (χ2n) is 6.95. The molecule has 5 rings (SSSR count). The van der Waals surface area contributed by atoms with Gasteiger partial charge in [-0.1, -0.05) is 30.3 Å². The van der Waals surface area contributed by atoms with E-state index in [1.165, 1.54) is 28.2 Å². The fraction of sp³-hybridized carbons (Fsp3) is 0.143. The average molecular weight is 440 g/mol. The van der Waals surface area contributed by atoms with Crippen LogP contribution in [0.5, 0.6) is 0 Å². The minimum atomic E-state index is -3.63. The van der Waals surface area contributed by atoms with E-state index in [0.29, 0.717) is 23.7 Å². The van der Waals surface area contributed by atoms with Crippen molar-refractivity contribution in [3.8, 4) is 0 Å². The van der Waals surface area contributed by atoms with Crippen LogP contribution in [-0.4, -0.2) is 30.2 Å². The van der Waals surface area contributed by atoms with Crippen LogP contribution >= 0.6 is 11.3 Å². The molecule has 0 unspecified atom stereocenters. The number of nitrogens with zero attached hydrogens (tertiary/aromatic N) is 2. The monoisotopic (exact) mass is 439 g/mol. The third-order valence-corrected chi connectivity index (χ3v) is 7.90. The molecule has 4 aromatic rings. The zero-order valence-electron chi connectivity index (χ0n) is 15.7. The smallest absolute Gasteiger partial charge is 0.260 e. The number of hydrogen-bond donors (Lipinski definition) is 1. The zero-order valence-corrected chi connectivity index (χ0v) is 17.4. The molecular formula is C21H17N3O4S2. The van der Waals surface area contributed by atoms with E-state index in [1.54, 1.807) is 18.2 Å². The van der Waals surface area contributed by atoms with E-state index >= 15 is 0 Å². The minimum absolute atomic E-state index is 0.240. The number of rotatable bonds is 4. The lowest BCUT2D eigenvalue weighted by atomic mass is 10.1. The first kappa shape index (κ1) is 19.0. The van der Waals surface area contributed by atoms with E-state index < -0.39 is 10.0 Å². The minimum Gasteiger partial charge on any atom is -0.472 e. The summed E-state index contributed by atoms with van der Waals surface area (Å²) in [6.45, 7) is 0.588. The fourth-order valence-corrected chi connectivity index (χ4v) is 6.02. The summed E-state index contributed by atoms with van der Waals surface area (Å²) in [5.74, 6) is -0.310. The van der Waals surface area contributed by atoms with Gasteiger partial charge in [-0.15, -0.1) is 11.3 Å². The predicted molar refractivity (Wildman–Crippen MR) is 114 cm³/mol. The number of carbonyl (C=O) groups is 1. The Labute approximate surface area is 177 Å². The van der Waals surface area contributed by atoms with E-state index in [9.17, 15) is 13.2 Å². The van der Waals surface area contributed by atoms with Crippen molar-refractivity contribution in [1.82, 2.24) is 9.29 Å². The maximum absolute atomic E-state index is 13.2. The molecule has 9 heteroatoms. The molecule has 152 valence electrons. The van der Waals surface area contributed by atoms with E-state index in [4.69, 9.17) is 4.42 Å². The first-order valence-corrected chi connectivity index (χ1v) is 11.6. The molecule has 0 radical (unpaired) electrons. The van der Waals surface area contributed by atoms with Crippen LogP contribution in [0.4, 0.5) is 5.13 Å². The molecule has 0 saturated heterocycles. The van der Waals surface area contributed by atoms with Gasteiger partial charge in [0.2, 0.25) is 10.0 Å². The molecule has 1 amide bonds. The van der Waals surface area contributed by atoms with E-state index in [2.05, 4.69) is 10.3 Å². The second kappa shape index (κ2) is 7.35. The molecule has 3 heterocycles. The Morgan fingerprint density at radius 3 is 2.77 bits per heavy atom. The lowest BCUT2D eigenvalue weighted by molar-refractivity contribution is 0.102. The van der Waals surface area contributed by atoms with Gasteiger partial charge in [0.05, 0.1) is 29.0 Å². The van der Waals surface area contributed by atoms with Gasteiger partial charge in [-0.3, -0.25) is 10.1 Å². The number of nitrogens with one attached hydrogen (secondary N) is 1. The number of sulfonamides is 1. The van der Waals surface area contributed by atoms with Crippen LogP contribution < -0.4 is 5.32 Å². The first-order chi connectivity index (χ1) is 14.5. The standard InChI is InChI=1S/C21H17N3O4S2/c25-20(16-8-10-28-13-16)23-21-22-18-7-9-24(12-19(18)29-21)30(26,27)17-6-5-14-3-1-2-4-15(14)11-17/h1-6,8,10-11,13H,7,9,12H2,(H,22,23,25). The summed E-state index contributed by atoms with van der Waals surface area (Å²) in [6, 6.07) is 14.4. The topological polar surface area (TPSA) is 92.5 Å². The normalized spacial score (nSPS) is 14.5. The predicted octanol–water partition coefficient (Wildman–Crippen LogP) is 3.89.